The minimum atomic E-state index is 0.368. The maximum Gasteiger partial charge on any atom is 0.118 e. The number of nitrogens with zero attached hydrogens (tertiary/aromatic N) is 1. The molecular formula is C20H17NO. The summed E-state index contributed by atoms with van der Waals surface area (Å²) in [5.74, 6) is 0.368. The molecule has 0 fully saturated rings. The molecule has 0 aliphatic carbocycles. The molecule has 0 bridgehead atoms. The third kappa shape index (κ3) is 1.81. The van der Waals surface area contributed by atoms with Crippen molar-refractivity contribution in [3.63, 3.8) is 0 Å². The van der Waals surface area contributed by atoms with Crippen LogP contribution in [0.1, 0.15) is 12.5 Å². The average Bonchev–Trinajstić information content (AvgIpc) is 2.90. The molecule has 0 amide bonds. The van der Waals surface area contributed by atoms with Crippen molar-refractivity contribution >= 4 is 21.8 Å². The van der Waals surface area contributed by atoms with E-state index in [1.54, 1.807) is 6.07 Å². The van der Waals surface area contributed by atoms with Gasteiger partial charge in [-0.05, 0) is 42.3 Å². The first-order valence-corrected chi connectivity index (χ1v) is 7.60. The summed E-state index contributed by atoms with van der Waals surface area (Å²) < 4.78 is 2.27. The second-order valence-electron chi connectivity index (χ2n) is 5.54. The number of phenols is 1. The number of fused-ring (bicyclic) bond motifs is 3. The molecule has 0 aliphatic heterocycles. The summed E-state index contributed by atoms with van der Waals surface area (Å²) in [5.41, 5.74) is 4.44. The third-order valence-corrected chi connectivity index (χ3v) is 4.28. The average molecular weight is 287 g/mol. The van der Waals surface area contributed by atoms with Gasteiger partial charge in [-0.25, -0.2) is 0 Å². The first-order valence-electron chi connectivity index (χ1n) is 7.60. The van der Waals surface area contributed by atoms with Crippen LogP contribution in [0.25, 0.3) is 27.5 Å². The Labute approximate surface area is 129 Å². The number of hydrogen-bond acceptors (Lipinski definition) is 1. The minimum absolute atomic E-state index is 0.368. The van der Waals surface area contributed by atoms with Crippen LogP contribution in [0.15, 0.2) is 66.7 Å². The summed E-state index contributed by atoms with van der Waals surface area (Å²) in [7, 11) is 0. The van der Waals surface area contributed by atoms with Crippen LogP contribution >= 0.6 is 0 Å². The van der Waals surface area contributed by atoms with E-state index >= 15 is 0 Å². The van der Waals surface area contributed by atoms with Gasteiger partial charge in [-0.2, -0.15) is 0 Å². The van der Waals surface area contributed by atoms with Crippen LogP contribution in [-0.4, -0.2) is 9.67 Å². The van der Waals surface area contributed by atoms with Gasteiger partial charge < -0.3 is 9.67 Å². The van der Waals surface area contributed by atoms with E-state index in [1.807, 2.05) is 6.07 Å². The molecule has 0 saturated carbocycles. The van der Waals surface area contributed by atoms with Gasteiger partial charge in [0.25, 0.3) is 0 Å². The zero-order chi connectivity index (χ0) is 15.1. The molecule has 4 rings (SSSR count). The van der Waals surface area contributed by atoms with E-state index in [-0.39, 0.29) is 0 Å². The van der Waals surface area contributed by atoms with Gasteiger partial charge in [-0.15, -0.1) is 0 Å². The summed E-state index contributed by atoms with van der Waals surface area (Å²) in [4.78, 5) is 0. The first kappa shape index (κ1) is 13.0. The highest BCUT2D eigenvalue weighted by atomic mass is 16.3. The van der Waals surface area contributed by atoms with Crippen molar-refractivity contribution in [2.24, 2.45) is 0 Å². The Bertz CT molecular complexity index is 928. The molecule has 0 atom stereocenters. The molecule has 0 spiro atoms. The molecule has 108 valence electrons. The maximum atomic E-state index is 9.95. The summed E-state index contributed by atoms with van der Waals surface area (Å²) >= 11 is 0. The molecular weight excluding hydrogens is 270 g/mol. The van der Waals surface area contributed by atoms with E-state index in [4.69, 9.17) is 0 Å². The highest BCUT2D eigenvalue weighted by molar-refractivity contribution is 6.09. The van der Waals surface area contributed by atoms with Crippen LogP contribution < -0.4 is 0 Å². The van der Waals surface area contributed by atoms with E-state index in [0.717, 1.165) is 17.7 Å². The van der Waals surface area contributed by atoms with Crippen molar-refractivity contribution in [1.29, 1.82) is 0 Å². The fourth-order valence-electron chi connectivity index (χ4n) is 3.19. The molecule has 1 heterocycles. The van der Waals surface area contributed by atoms with Crippen molar-refractivity contribution in [3.05, 3.63) is 72.3 Å². The van der Waals surface area contributed by atoms with E-state index in [2.05, 4.69) is 66.1 Å². The Morgan fingerprint density at radius 1 is 0.818 bits per heavy atom. The van der Waals surface area contributed by atoms with Crippen LogP contribution in [0.3, 0.4) is 0 Å². The summed E-state index contributed by atoms with van der Waals surface area (Å²) in [6.07, 6.45) is 0.816. The molecule has 1 aromatic heterocycles. The van der Waals surface area contributed by atoms with Crippen LogP contribution in [0.4, 0.5) is 0 Å². The molecule has 2 nitrogen and oxygen atoms in total. The number of aromatic nitrogens is 1. The predicted octanol–water partition coefficient (Wildman–Crippen LogP) is 5.05. The van der Waals surface area contributed by atoms with Crippen molar-refractivity contribution in [2.75, 3.05) is 0 Å². The maximum absolute atomic E-state index is 9.95. The number of aryl methyl sites for hydroxylation is 1. The minimum Gasteiger partial charge on any atom is -0.508 e. The molecule has 2 heteroatoms. The normalized spacial score (nSPS) is 11.3. The number of aromatic hydroxyl groups is 1. The molecule has 0 unspecified atom stereocenters. The third-order valence-electron chi connectivity index (χ3n) is 4.28. The molecule has 0 saturated heterocycles. The Kier molecular flexibility index (Phi) is 2.90. The number of benzene rings is 3. The van der Waals surface area contributed by atoms with Gasteiger partial charge in [0.1, 0.15) is 5.75 Å². The highest BCUT2D eigenvalue weighted by Crippen LogP contribution is 2.33. The summed E-state index contributed by atoms with van der Waals surface area (Å²) in [6, 6.07) is 22.8. The van der Waals surface area contributed by atoms with Gasteiger partial charge in [0, 0.05) is 16.5 Å². The van der Waals surface area contributed by atoms with Crippen LogP contribution in [0.5, 0.6) is 5.75 Å². The largest absolute Gasteiger partial charge is 0.508 e. The Hall–Kier alpha value is -2.74. The van der Waals surface area contributed by atoms with Crippen molar-refractivity contribution in [1.82, 2.24) is 4.57 Å². The van der Waals surface area contributed by atoms with Crippen LogP contribution in [0.2, 0.25) is 0 Å². The number of phenolic OH excluding ortho intramolecular Hbond substituents is 1. The highest BCUT2D eigenvalue weighted by Gasteiger charge is 2.12. The Balaban J connectivity index is 2.13. The van der Waals surface area contributed by atoms with Gasteiger partial charge in [0.05, 0.1) is 11.0 Å². The number of rotatable bonds is 2. The number of hydrogen-bond donors (Lipinski definition) is 1. The van der Waals surface area contributed by atoms with Gasteiger partial charge >= 0.3 is 0 Å². The molecule has 0 radical (unpaired) electrons. The second kappa shape index (κ2) is 4.92. The fourth-order valence-corrected chi connectivity index (χ4v) is 3.19. The molecule has 22 heavy (non-hydrogen) atoms. The quantitative estimate of drug-likeness (QED) is 0.548. The smallest absolute Gasteiger partial charge is 0.118 e. The van der Waals surface area contributed by atoms with Gasteiger partial charge in [0.2, 0.25) is 0 Å². The van der Waals surface area contributed by atoms with E-state index in [9.17, 15) is 5.11 Å². The SMILES string of the molecule is CCc1cc(-n2c3ccccc3c3ccccc32)ccc1O. The van der Waals surface area contributed by atoms with E-state index in [1.165, 1.54) is 21.8 Å². The van der Waals surface area contributed by atoms with Crippen LogP contribution in [-0.2, 0) is 6.42 Å². The van der Waals surface area contributed by atoms with Gasteiger partial charge in [-0.3, -0.25) is 0 Å². The monoisotopic (exact) mass is 287 g/mol. The molecule has 0 aliphatic rings. The van der Waals surface area contributed by atoms with Crippen molar-refractivity contribution in [3.8, 4) is 11.4 Å². The first-order chi connectivity index (χ1) is 10.8. The lowest BCUT2D eigenvalue weighted by Gasteiger charge is -2.10. The molecule has 3 aromatic carbocycles. The number of para-hydroxylation sites is 2. The zero-order valence-corrected chi connectivity index (χ0v) is 12.5. The topological polar surface area (TPSA) is 25.2 Å². The molecule has 4 aromatic rings. The van der Waals surface area contributed by atoms with E-state index in [0.29, 0.717) is 5.75 Å². The zero-order valence-electron chi connectivity index (χ0n) is 12.5. The predicted molar refractivity (Wildman–Crippen MR) is 91.8 cm³/mol. The van der Waals surface area contributed by atoms with Crippen molar-refractivity contribution in [2.45, 2.75) is 13.3 Å². The Morgan fingerprint density at radius 2 is 1.41 bits per heavy atom. The molecule has 1 N–H and O–H groups in total. The van der Waals surface area contributed by atoms with Gasteiger partial charge in [0.15, 0.2) is 0 Å². The lowest BCUT2D eigenvalue weighted by Crippen LogP contribution is -1.95. The van der Waals surface area contributed by atoms with Crippen molar-refractivity contribution < 1.29 is 5.11 Å². The van der Waals surface area contributed by atoms with Crippen LogP contribution in [0, 0.1) is 0 Å². The van der Waals surface area contributed by atoms with Gasteiger partial charge in [-0.1, -0.05) is 43.3 Å². The fraction of sp³-hybridized carbons (Fsp3) is 0.100. The summed E-state index contributed by atoms with van der Waals surface area (Å²) in [5, 5.41) is 12.5. The lowest BCUT2D eigenvalue weighted by molar-refractivity contribution is 0.469. The lowest BCUT2D eigenvalue weighted by atomic mass is 10.1. The summed E-state index contributed by atoms with van der Waals surface area (Å²) in [6.45, 7) is 2.06. The Morgan fingerprint density at radius 3 is 2.00 bits per heavy atom. The van der Waals surface area contributed by atoms with E-state index < -0.39 is 0 Å². The standard InChI is InChI=1S/C20H17NO/c1-2-14-13-15(11-12-20(14)22)21-18-9-5-3-7-16(18)17-8-4-6-10-19(17)21/h3-13,22H,2H2,1H3. The second-order valence-corrected chi connectivity index (χ2v) is 5.54.